The van der Waals surface area contributed by atoms with E-state index in [0.717, 1.165) is 33.9 Å². The van der Waals surface area contributed by atoms with E-state index in [9.17, 15) is 10.2 Å². The Bertz CT molecular complexity index is 2900. The van der Waals surface area contributed by atoms with Crippen LogP contribution in [0.15, 0.2) is 164 Å². The van der Waals surface area contributed by atoms with Crippen LogP contribution in [0, 0.1) is 11.3 Å². The lowest BCUT2D eigenvalue weighted by molar-refractivity contribution is 0.277. The highest BCUT2D eigenvalue weighted by Crippen LogP contribution is 2.61. The van der Waals surface area contributed by atoms with E-state index in [0.29, 0.717) is 5.92 Å². The molecular formula is C57H50O2. The van der Waals surface area contributed by atoms with Gasteiger partial charge in [0.2, 0.25) is 0 Å². The van der Waals surface area contributed by atoms with Crippen molar-refractivity contribution in [1.29, 1.82) is 0 Å². The first-order valence-corrected chi connectivity index (χ1v) is 21.0. The van der Waals surface area contributed by atoms with Crippen molar-refractivity contribution in [1.82, 2.24) is 0 Å². The maximum atomic E-state index is 11.1. The van der Waals surface area contributed by atoms with Crippen LogP contribution in [0.2, 0.25) is 0 Å². The molecule has 1 unspecified atom stereocenters. The molecule has 0 heterocycles. The van der Waals surface area contributed by atoms with Crippen LogP contribution in [-0.4, -0.2) is 10.2 Å². The summed E-state index contributed by atoms with van der Waals surface area (Å²) in [4.78, 5) is 0. The number of aromatic hydroxyl groups is 2. The second kappa shape index (κ2) is 13.3. The summed E-state index contributed by atoms with van der Waals surface area (Å²) < 4.78 is 0. The molecular weight excluding hydrogens is 717 g/mol. The first-order valence-electron chi connectivity index (χ1n) is 21.0. The monoisotopic (exact) mass is 766 g/mol. The maximum absolute atomic E-state index is 11.1. The fraction of sp³-hybridized carbons (Fsp3) is 0.193. The lowest BCUT2D eigenvalue weighted by Crippen LogP contribution is -2.40. The number of phenols is 2. The van der Waals surface area contributed by atoms with Crippen LogP contribution in [0.1, 0.15) is 80.5 Å². The van der Waals surface area contributed by atoms with Crippen molar-refractivity contribution < 1.29 is 10.2 Å². The first-order chi connectivity index (χ1) is 28.4. The molecule has 0 saturated heterocycles. The molecule has 0 amide bonds. The molecule has 2 aliphatic rings. The number of rotatable bonds is 6. The standard InChI is InChI=1S/C57H50O2/c1-35(2)30-39-32-48-38(33-53(39)59)31-42(58)34-49(48)47-18-13-17-46-45-16-7-10-19-50(45)56(6,54(46)47)40-26-22-36(23-27-40)37-24-28-41(29-25-37)57(55(3,4)5)51-20-11-8-14-43(51)44-15-9-12-21-52(44)57/h7-29,31-35,58-59H,30H2,1-6H3. The summed E-state index contributed by atoms with van der Waals surface area (Å²) >= 11 is 0. The second-order valence-electron chi connectivity index (χ2n) is 18.4. The van der Waals surface area contributed by atoms with Gasteiger partial charge in [0.15, 0.2) is 0 Å². The van der Waals surface area contributed by atoms with E-state index < -0.39 is 5.41 Å². The Balaban J connectivity index is 1.08. The minimum absolute atomic E-state index is 0.0794. The molecule has 0 spiro atoms. The van der Waals surface area contributed by atoms with Crippen molar-refractivity contribution in [3.8, 4) is 56.0 Å². The van der Waals surface area contributed by atoms with Crippen molar-refractivity contribution in [2.75, 3.05) is 0 Å². The summed E-state index contributed by atoms with van der Waals surface area (Å²) in [5.41, 5.74) is 17.4. The van der Waals surface area contributed by atoms with Gasteiger partial charge in [0.25, 0.3) is 0 Å². The summed E-state index contributed by atoms with van der Waals surface area (Å²) in [7, 11) is 0. The third-order valence-electron chi connectivity index (χ3n) is 13.6. The number of hydrogen-bond acceptors (Lipinski definition) is 2. The highest BCUT2D eigenvalue weighted by atomic mass is 16.3. The fourth-order valence-electron chi connectivity index (χ4n) is 11.1. The summed E-state index contributed by atoms with van der Waals surface area (Å²) in [6.07, 6.45) is 0.770. The molecule has 2 aliphatic carbocycles. The maximum Gasteiger partial charge on any atom is 0.119 e. The average molecular weight is 767 g/mol. The van der Waals surface area contributed by atoms with E-state index in [2.05, 4.69) is 187 Å². The smallest absolute Gasteiger partial charge is 0.119 e. The summed E-state index contributed by atoms with van der Waals surface area (Å²) in [5, 5.41) is 24.0. The molecule has 59 heavy (non-hydrogen) atoms. The van der Waals surface area contributed by atoms with Gasteiger partial charge in [-0.3, -0.25) is 0 Å². The Morgan fingerprint density at radius 1 is 0.508 bits per heavy atom. The van der Waals surface area contributed by atoms with Crippen LogP contribution in [0.3, 0.4) is 0 Å². The Labute approximate surface area is 348 Å². The van der Waals surface area contributed by atoms with Crippen molar-refractivity contribution in [2.24, 2.45) is 11.3 Å². The Kier molecular flexibility index (Phi) is 8.34. The molecule has 2 N–H and O–H groups in total. The van der Waals surface area contributed by atoms with Gasteiger partial charge < -0.3 is 10.2 Å². The molecule has 8 aromatic carbocycles. The van der Waals surface area contributed by atoms with Crippen LogP contribution in [0.4, 0.5) is 0 Å². The molecule has 0 radical (unpaired) electrons. The predicted molar refractivity (Wildman–Crippen MR) is 245 cm³/mol. The van der Waals surface area contributed by atoms with Crippen molar-refractivity contribution in [3.05, 3.63) is 203 Å². The van der Waals surface area contributed by atoms with Crippen LogP contribution in [0.25, 0.3) is 55.3 Å². The minimum Gasteiger partial charge on any atom is -0.508 e. The Morgan fingerprint density at radius 2 is 1.00 bits per heavy atom. The number of hydrogen-bond donors (Lipinski definition) is 2. The SMILES string of the molecule is CC(C)Cc1cc2c(-c3cccc4c3C(C)(c3ccc(-c5ccc(C6(C(C)(C)C)c7ccccc7-c7ccccc76)cc5)cc3)c3ccccc3-4)cc(O)cc2cc1O. The number of phenolic OH excluding ortho intramolecular Hbond substituents is 2. The third kappa shape index (κ3) is 5.39. The zero-order valence-corrected chi connectivity index (χ0v) is 34.8. The Morgan fingerprint density at radius 3 is 1.56 bits per heavy atom. The highest BCUT2D eigenvalue weighted by molar-refractivity contribution is 6.02. The molecule has 0 saturated carbocycles. The molecule has 8 aromatic rings. The summed E-state index contributed by atoms with van der Waals surface area (Å²) in [6, 6.07) is 59.4. The highest BCUT2D eigenvalue weighted by Gasteiger charge is 2.52. The number of fused-ring (bicyclic) bond motifs is 7. The lowest BCUT2D eigenvalue weighted by Gasteiger charge is -2.44. The average Bonchev–Trinajstić information content (AvgIpc) is 3.69. The van der Waals surface area contributed by atoms with Crippen LogP contribution >= 0.6 is 0 Å². The largest absolute Gasteiger partial charge is 0.508 e. The topological polar surface area (TPSA) is 40.5 Å². The zero-order chi connectivity index (χ0) is 40.8. The van der Waals surface area contributed by atoms with Crippen LogP contribution in [0.5, 0.6) is 11.5 Å². The van der Waals surface area contributed by atoms with Gasteiger partial charge in [-0.2, -0.15) is 0 Å². The quantitative estimate of drug-likeness (QED) is 0.177. The van der Waals surface area contributed by atoms with E-state index in [1.54, 1.807) is 6.07 Å². The van der Waals surface area contributed by atoms with Gasteiger partial charge in [0, 0.05) is 5.41 Å². The zero-order valence-electron chi connectivity index (χ0n) is 34.8. The van der Waals surface area contributed by atoms with E-state index in [4.69, 9.17) is 0 Å². The van der Waals surface area contributed by atoms with Gasteiger partial charge in [-0.15, -0.1) is 0 Å². The third-order valence-corrected chi connectivity index (χ3v) is 13.6. The van der Waals surface area contributed by atoms with Gasteiger partial charge in [-0.05, 0) is 143 Å². The van der Waals surface area contributed by atoms with E-state index in [-0.39, 0.29) is 22.3 Å². The van der Waals surface area contributed by atoms with Crippen LogP contribution in [-0.2, 0) is 17.3 Å². The summed E-state index contributed by atoms with van der Waals surface area (Å²) in [6.45, 7) is 13.8. The molecule has 0 bridgehead atoms. The summed E-state index contributed by atoms with van der Waals surface area (Å²) in [5.74, 6) is 0.848. The van der Waals surface area contributed by atoms with Crippen LogP contribution < -0.4 is 0 Å². The van der Waals surface area contributed by atoms with Gasteiger partial charge >= 0.3 is 0 Å². The lowest BCUT2D eigenvalue weighted by atomic mass is 9.57. The van der Waals surface area contributed by atoms with Crippen molar-refractivity contribution in [3.63, 3.8) is 0 Å². The molecule has 0 aromatic heterocycles. The fourth-order valence-corrected chi connectivity index (χ4v) is 11.1. The van der Waals surface area contributed by atoms with E-state index >= 15 is 0 Å². The molecule has 0 aliphatic heterocycles. The Hall–Kier alpha value is -6.38. The molecule has 1 atom stereocenters. The molecule has 0 fully saturated rings. The molecule has 290 valence electrons. The van der Waals surface area contributed by atoms with Gasteiger partial charge in [0.05, 0.1) is 5.41 Å². The number of benzene rings is 8. The predicted octanol–water partition coefficient (Wildman–Crippen LogP) is 14.5. The first kappa shape index (κ1) is 36.9. The van der Waals surface area contributed by atoms with Gasteiger partial charge in [-0.1, -0.05) is 174 Å². The van der Waals surface area contributed by atoms with Crippen molar-refractivity contribution >= 4 is 10.8 Å². The van der Waals surface area contributed by atoms with E-state index in [1.165, 1.54) is 66.8 Å². The molecule has 2 nitrogen and oxygen atoms in total. The van der Waals surface area contributed by atoms with Crippen molar-refractivity contribution in [2.45, 2.75) is 58.8 Å². The molecule has 10 rings (SSSR count). The van der Waals surface area contributed by atoms with E-state index in [1.807, 2.05) is 12.1 Å². The normalized spacial score (nSPS) is 16.2. The second-order valence-corrected chi connectivity index (χ2v) is 18.4. The molecule has 2 heteroatoms. The minimum atomic E-state index is -0.470. The van der Waals surface area contributed by atoms with Gasteiger partial charge in [0.1, 0.15) is 11.5 Å². The van der Waals surface area contributed by atoms with Gasteiger partial charge in [-0.25, -0.2) is 0 Å².